The first-order valence-electron chi connectivity index (χ1n) is 6.40. The Balaban J connectivity index is 2.46. The summed E-state index contributed by atoms with van der Waals surface area (Å²) in [6, 6.07) is 1.82. The molecule has 0 aromatic carbocycles. The minimum absolute atomic E-state index is 0.113. The van der Waals surface area contributed by atoms with E-state index in [1.165, 1.54) is 11.3 Å². The highest BCUT2D eigenvalue weighted by molar-refractivity contribution is 7.14. The number of unbranched alkanes of at least 4 members (excludes halogenated alkanes) is 1. The maximum absolute atomic E-state index is 11.9. The third-order valence-electron chi connectivity index (χ3n) is 2.58. The first-order valence-corrected chi connectivity index (χ1v) is 7.22. The summed E-state index contributed by atoms with van der Waals surface area (Å²) in [5, 5.41) is 2.82. The Hall–Kier alpha value is -1.84. The lowest BCUT2D eigenvalue weighted by Gasteiger charge is -2.02. The van der Waals surface area contributed by atoms with Crippen LogP contribution in [0, 0.1) is 18.8 Å². The van der Waals surface area contributed by atoms with Crippen LogP contribution in [0.5, 0.6) is 0 Å². The minimum Gasteiger partial charge on any atom is -0.370 e. The van der Waals surface area contributed by atoms with E-state index < -0.39 is 0 Å². The molecule has 5 N–H and O–H groups in total. The van der Waals surface area contributed by atoms with Crippen LogP contribution in [0.25, 0.3) is 0 Å². The lowest BCUT2D eigenvalue weighted by Crippen LogP contribution is -2.23. The molecule has 0 saturated heterocycles. The predicted molar refractivity (Wildman–Crippen MR) is 80.4 cm³/mol. The van der Waals surface area contributed by atoms with Crippen molar-refractivity contribution in [2.75, 3.05) is 13.1 Å². The Morgan fingerprint density at radius 2 is 2.15 bits per heavy atom. The van der Waals surface area contributed by atoms with Crippen LogP contribution in [0.15, 0.2) is 6.07 Å². The van der Waals surface area contributed by atoms with Gasteiger partial charge in [-0.25, -0.2) is 0 Å². The van der Waals surface area contributed by atoms with Crippen molar-refractivity contribution in [2.24, 2.45) is 11.5 Å². The normalized spacial score (nSPS) is 9.70. The summed E-state index contributed by atoms with van der Waals surface area (Å²) in [4.78, 5) is 24.0. The summed E-state index contributed by atoms with van der Waals surface area (Å²) < 4.78 is 0. The number of rotatable bonds is 6. The summed E-state index contributed by atoms with van der Waals surface area (Å²) in [5.41, 5.74) is 11.3. The SMILES string of the molecule is Cc1cc(C(=O)NCCCCC(N)=O)sc1C#CCN. The topological polar surface area (TPSA) is 98.2 Å². The molecule has 1 aromatic rings. The molecule has 0 saturated carbocycles. The smallest absolute Gasteiger partial charge is 0.261 e. The van der Waals surface area contributed by atoms with Crippen LogP contribution in [-0.4, -0.2) is 24.9 Å². The number of thiophene rings is 1. The Labute approximate surface area is 122 Å². The molecule has 0 unspecified atom stereocenters. The highest BCUT2D eigenvalue weighted by Gasteiger charge is 2.10. The van der Waals surface area contributed by atoms with Gasteiger partial charge in [0, 0.05) is 13.0 Å². The number of aryl methyl sites for hydroxylation is 1. The fourth-order valence-corrected chi connectivity index (χ4v) is 2.53. The van der Waals surface area contributed by atoms with Gasteiger partial charge in [-0.3, -0.25) is 9.59 Å². The van der Waals surface area contributed by atoms with Crippen molar-refractivity contribution in [3.8, 4) is 11.8 Å². The molecule has 5 nitrogen and oxygen atoms in total. The van der Waals surface area contributed by atoms with Gasteiger partial charge in [0.1, 0.15) is 0 Å². The van der Waals surface area contributed by atoms with E-state index in [2.05, 4.69) is 17.2 Å². The average Bonchev–Trinajstić information content (AvgIpc) is 2.77. The van der Waals surface area contributed by atoms with E-state index in [-0.39, 0.29) is 11.8 Å². The van der Waals surface area contributed by atoms with E-state index in [1.54, 1.807) is 0 Å². The first kappa shape index (κ1) is 16.2. The van der Waals surface area contributed by atoms with Crippen molar-refractivity contribution in [2.45, 2.75) is 26.2 Å². The van der Waals surface area contributed by atoms with Crippen molar-refractivity contribution >= 4 is 23.2 Å². The van der Waals surface area contributed by atoms with Crippen molar-refractivity contribution in [1.29, 1.82) is 0 Å². The zero-order valence-electron chi connectivity index (χ0n) is 11.5. The molecule has 0 spiro atoms. The van der Waals surface area contributed by atoms with Crippen molar-refractivity contribution in [3.05, 3.63) is 21.4 Å². The molecule has 1 aromatic heterocycles. The highest BCUT2D eigenvalue weighted by Crippen LogP contribution is 2.20. The van der Waals surface area contributed by atoms with Gasteiger partial charge in [-0.15, -0.1) is 11.3 Å². The van der Waals surface area contributed by atoms with E-state index in [9.17, 15) is 9.59 Å². The molecule has 0 bridgehead atoms. The maximum atomic E-state index is 11.9. The molecule has 1 heterocycles. The van der Waals surface area contributed by atoms with Crippen LogP contribution in [0.4, 0.5) is 0 Å². The largest absolute Gasteiger partial charge is 0.370 e. The zero-order chi connectivity index (χ0) is 15.0. The minimum atomic E-state index is -0.312. The van der Waals surface area contributed by atoms with Gasteiger partial charge in [0.05, 0.1) is 16.3 Å². The summed E-state index contributed by atoms with van der Waals surface area (Å²) in [6.07, 6.45) is 1.78. The molecule has 2 amide bonds. The van der Waals surface area contributed by atoms with Crippen LogP contribution in [0.1, 0.15) is 39.4 Å². The van der Waals surface area contributed by atoms with Gasteiger partial charge in [0.15, 0.2) is 0 Å². The average molecular weight is 293 g/mol. The fourth-order valence-electron chi connectivity index (χ4n) is 1.56. The van der Waals surface area contributed by atoms with Crippen LogP contribution in [-0.2, 0) is 4.79 Å². The summed E-state index contributed by atoms with van der Waals surface area (Å²) in [6.45, 7) is 2.76. The molecular weight excluding hydrogens is 274 g/mol. The highest BCUT2D eigenvalue weighted by atomic mass is 32.1. The van der Waals surface area contributed by atoms with Gasteiger partial charge in [-0.1, -0.05) is 11.8 Å². The van der Waals surface area contributed by atoms with Gasteiger partial charge in [-0.05, 0) is 31.4 Å². The standard InChI is InChI=1S/C14H19N3O2S/c1-10-9-12(20-11(10)5-4-7-15)14(19)17-8-3-2-6-13(16)18/h9H,2-3,6-8,15H2,1H3,(H2,16,18)(H,17,19). The lowest BCUT2D eigenvalue weighted by molar-refractivity contribution is -0.118. The Morgan fingerprint density at radius 1 is 1.40 bits per heavy atom. The van der Waals surface area contributed by atoms with Crippen molar-refractivity contribution in [1.82, 2.24) is 5.32 Å². The molecule has 0 aliphatic heterocycles. The molecule has 0 aliphatic rings. The van der Waals surface area contributed by atoms with Gasteiger partial charge in [0.2, 0.25) is 5.91 Å². The molecular formula is C14H19N3O2S. The number of hydrogen-bond acceptors (Lipinski definition) is 4. The number of primary amides is 1. The molecule has 0 fully saturated rings. The summed E-state index contributed by atoms with van der Waals surface area (Å²) in [5.74, 6) is 5.30. The third-order valence-corrected chi connectivity index (χ3v) is 3.73. The number of hydrogen-bond donors (Lipinski definition) is 3. The molecule has 108 valence electrons. The fraction of sp³-hybridized carbons (Fsp3) is 0.429. The van der Waals surface area contributed by atoms with Gasteiger partial charge in [0.25, 0.3) is 5.91 Å². The van der Waals surface area contributed by atoms with E-state index in [0.717, 1.165) is 16.9 Å². The van der Waals surface area contributed by atoms with E-state index in [4.69, 9.17) is 11.5 Å². The summed E-state index contributed by atoms with van der Waals surface area (Å²) >= 11 is 1.36. The van der Waals surface area contributed by atoms with Crippen LogP contribution >= 0.6 is 11.3 Å². The Morgan fingerprint density at radius 3 is 2.80 bits per heavy atom. The quantitative estimate of drug-likeness (QED) is 0.533. The Kier molecular flexibility index (Phi) is 6.77. The van der Waals surface area contributed by atoms with Crippen LogP contribution in [0.2, 0.25) is 0 Å². The Bertz CT molecular complexity index is 540. The summed E-state index contributed by atoms with van der Waals surface area (Å²) in [7, 11) is 0. The maximum Gasteiger partial charge on any atom is 0.261 e. The molecule has 0 aliphatic carbocycles. The number of nitrogens with one attached hydrogen (secondary N) is 1. The monoisotopic (exact) mass is 293 g/mol. The van der Waals surface area contributed by atoms with Gasteiger partial charge in [-0.2, -0.15) is 0 Å². The van der Waals surface area contributed by atoms with Gasteiger partial charge < -0.3 is 16.8 Å². The van der Waals surface area contributed by atoms with Crippen LogP contribution in [0.3, 0.4) is 0 Å². The van der Waals surface area contributed by atoms with Crippen molar-refractivity contribution in [3.63, 3.8) is 0 Å². The zero-order valence-corrected chi connectivity index (χ0v) is 12.3. The van der Waals surface area contributed by atoms with E-state index in [1.807, 2.05) is 13.0 Å². The second-order valence-corrected chi connectivity index (χ2v) is 5.36. The van der Waals surface area contributed by atoms with Crippen LogP contribution < -0.4 is 16.8 Å². The van der Waals surface area contributed by atoms with E-state index >= 15 is 0 Å². The van der Waals surface area contributed by atoms with Crippen molar-refractivity contribution < 1.29 is 9.59 Å². The molecule has 0 radical (unpaired) electrons. The second kappa shape index (κ2) is 8.35. The third kappa shape index (κ3) is 5.43. The number of nitrogens with two attached hydrogens (primary N) is 2. The number of carbonyl (C=O) groups excluding carboxylic acids is 2. The first-order chi connectivity index (χ1) is 9.54. The van der Waals surface area contributed by atoms with E-state index in [0.29, 0.717) is 30.8 Å². The molecule has 0 atom stereocenters. The molecule has 1 rings (SSSR count). The number of carbonyl (C=O) groups is 2. The number of amides is 2. The molecule has 20 heavy (non-hydrogen) atoms. The second-order valence-electron chi connectivity index (χ2n) is 4.31. The predicted octanol–water partition coefficient (Wildman–Crippen LogP) is 0.752. The molecule has 6 heteroatoms. The lowest BCUT2D eigenvalue weighted by atomic mass is 10.2. The van der Waals surface area contributed by atoms with Gasteiger partial charge >= 0.3 is 0 Å².